The first-order valence-electron chi connectivity index (χ1n) is 6.72. The van der Waals surface area contributed by atoms with Crippen molar-refractivity contribution in [1.82, 2.24) is 9.88 Å². The summed E-state index contributed by atoms with van der Waals surface area (Å²) in [6, 6.07) is 0.0474. The predicted octanol–water partition coefficient (Wildman–Crippen LogP) is 1.82. The van der Waals surface area contributed by atoms with Crippen molar-refractivity contribution in [3.05, 3.63) is 16.1 Å². The molecule has 3 rings (SSSR count). The third-order valence-corrected chi connectivity index (χ3v) is 4.50. The highest BCUT2D eigenvalue weighted by Crippen LogP contribution is 2.27. The number of nitrogens with zero attached hydrogens (tertiary/aromatic N) is 2. The second-order valence-electron chi connectivity index (χ2n) is 4.92. The van der Waals surface area contributed by atoms with Crippen LogP contribution in [0.3, 0.4) is 0 Å². The number of carbonyl (C=O) groups is 1. The van der Waals surface area contributed by atoms with Crippen LogP contribution in [0, 0.1) is 6.92 Å². The van der Waals surface area contributed by atoms with Crippen molar-refractivity contribution in [2.24, 2.45) is 0 Å². The highest BCUT2D eigenvalue weighted by atomic mass is 32.1. The van der Waals surface area contributed by atoms with Gasteiger partial charge in [0.1, 0.15) is 4.88 Å². The van der Waals surface area contributed by atoms with Gasteiger partial charge in [-0.05, 0) is 26.2 Å². The fraction of sp³-hybridized carbons (Fsp3) is 0.692. The zero-order valence-electron chi connectivity index (χ0n) is 11.0. The molecule has 1 unspecified atom stereocenters. The fourth-order valence-corrected chi connectivity index (χ4v) is 3.43. The average Bonchev–Trinajstić information content (AvgIpc) is 3.09. The van der Waals surface area contributed by atoms with Gasteiger partial charge in [0.15, 0.2) is 6.29 Å². The molecule has 3 heterocycles. The summed E-state index contributed by atoms with van der Waals surface area (Å²) in [7, 11) is 0. The van der Waals surface area contributed by atoms with Gasteiger partial charge >= 0.3 is 0 Å². The van der Waals surface area contributed by atoms with Gasteiger partial charge in [0.05, 0.1) is 30.5 Å². The Kier molecular flexibility index (Phi) is 3.81. The van der Waals surface area contributed by atoms with Crippen molar-refractivity contribution in [1.29, 1.82) is 0 Å². The number of hydrogen-bond donors (Lipinski definition) is 0. The largest absolute Gasteiger partial charge is 0.348 e. The van der Waals surface area contributed by atoms with Gasteiger partial charge in [-0.25, -0.2) is 4.98 Å². The fourth-order valence-electron chi connectivity index (χ4n) is 2.69. The van der Waals surface area contributed by atoms with Crippen molar-refractivity contribution in [2.75, 3.05) is 19.8 Å². The lowest BCUT2D eigenvalue weighted by atomic mass is 10.0. The van der Waals surface area contributed by atoms with Gasteiger partial charge in [0.2, 0.25) is 0 Å². The number of likely N-dealkylation sites (tertiary alicyclic amines) is 1. The van der Waals surface area contributed by atoms with E-state index in [1.54, 1.807) is 6.20 Å². The second kappa shape index (κ2) is 5.56. The third-order valence-electron chi connectivity index (χ3n) is 3.60. The molecule has 104 valence electrons. The molecular formula is C13H18N2O3S. The highest BCUT2D eigenvalue weighted by molar-refractivity contribution is 7.13. The van der Waals surface area contributed by atoms with E-state index in [-0.39, 0.29) is 18.2 Å². The Hall–Kier alpha value is -0.980. The molecule has 5 nitrogen and oxygen atoms in total. The molecule has 2 aliphatic heterocycles. The van der Waals surface area contributed by atoms with Gasteiger partial charge in [-0.15, -0.1) is 11.3 Å². The molecule has 0 radical (unpaired) electrons. The van der Waals surface area contributed by atoms with Gasteiger partial charge in [-0.3, -0.25) is 4.79 Å². The van der Waals surface area contributed by atoms with Crippen molar-refractivity contribution in [2.45, 2.75) is 38.5 Å². The van der Waals surface area contributed by atoms with E-state index in [1.807, 2.05) is 11.8 Å². The van der Waals surface area contributed by atoms with Crippen LogP contribution >= 0.6 is 11.3 Å². The number of amides is 1. The van der Waals surface area contributed by atoms with E-state index in [4.69, 9.17) is 9.47 Å². The number of rotatable bonds is 2. The van der Waals surface area contributed by atoms with Crippen molar-refractivity contribution in [3.8, 4) is 0 Å². The van der Waals surface area contributed by atoms with E-state index in [1.165, 1.54) is 11.3 Å². The SMILES string of the molecule is Cc1ncc(C(=O)N2CCCCC2C2OCCO2)s1. The Morgan fingerprint density at radius 3 is 2.89 bits per heavy atom. The maximum Gasteiger partial charge on any atom is 0.266 e. The van der Waals surface area contributed by atoms with E-state index < -0.39 is 0 Å². The zero-order chi connectivity index (χ0) is 13.2. The first-order chi connectivity index (χ1) is 9.25. The highest BCUT2D eigenvalue weighted by Gasteiger charge is 2.36. The molecule has 0 bridgehead atoms. The van der Waals surface area contributed by atoms with Gasteiger partial charge in [-0.2, -0.15) is 0 Å². The Morgan fingerprint density at radius 2 is 2.21 bits per heavy atom. The molecule has 0 saturated carbocycles. The van der Waals surface area contributed by atoms with E-state index >= 15 is 0 Å². The minimum Gasteiger partial charge on any atom is -0.348 e. The molecule has 0 aromatic carbocycles. The minimum atomic E-state index is -0.252. The maximum absolute atomic E-state index is 12.6. The molecule has 1 aromatic heterocycles. The van der Waals surface area contributed by atoms with E-state index in [0.717, 1.165) is 30.8 Å². The summed E-state index contributed by atoms with van der Waals surface area (Å²) < 4.78 is 11.2. The monoisotopic (exact) mass is 282 g/mol. The lowest BCUT2D eigenvalue weighted by molar-refractivity contribution is -0.100. The van der Waals surface area contributed by atoms with Gasteiger partial charge < -0.3 is 14.4 Å². The Labute approximate surface area is 116 Å². The molecule has 0 spiro atoms. The first kappa shape index (κ1) is 13.0. The molecule has 2 saturated heterocycles. The van der Waals surface area contributed by atoms with E-state index in [9.17, 15) is 4.79 Å². The van der Waals surface area contributed by atoms with Crippen LogP contribution in [0.15, 0.2) is 6.20 Å². The normalized spacial score (nSPS) is 24.9. The second-order valence-corrected chi connectivity index (χ2v) is 6.15. The molecule has 19 heavy (non-hydrogen) atoms. The zero-order valence-corrected chi connectivity index (χ0v) is 11.8. The molecule has 1 amide bonds. The number of carbonyl (C=O) groups excluding carboxylic acids is 1. The van der Waals surface area contributed by atoms with E-state index in [2.05, 4.69) is 4.98 Å². The summed E-state index contributed by atoms with van der Waals surface area (Å²) in [4.78, 5) is 19.3. The standard InChI is InChI=1S/C13H18N2O3S/c1-9-14-8-11(19-9)12(16)15-5-3-2-4-10(15)13-17-6-7-18-13/h8,10,13H,2-7H2,1H3. The van der Waals surface area contributed by atoms with Gasteiger partial charge in [0, 0.05) is 6.54 Å². The number of aryl methyl sites for hydroxylation is 1. The molecule has 0 N–H and O–H groups in total. The Bertz CT molecular complexity index is 456. The molecule has 1 atom stereocenters. The molecule has 6 heteroatoms. The summed E-state index contributed by atoms with van der Waals surface area (Å²) in [5, 5.41) is 0.922. The molecule has 2 aliphatic rings. The lowest BCUT2D eigenvalue weighted by Crippen LogP contribution is -2.50. The summed E-state index contributed by atoms with van der Waals surface area (Å²) >= 11 is 1.45. The number of ether oxygens (including phenoxy) is 2. The summed E-state index contributed by atoms with van der Waals surface area (Å²) in [5.41, 5.74) is 0. The molecule has 1 aromatic rings. The summed E-state index contributed by atoms with van der Waals surface area (Å²) in [5.74, 6) is 0.0643. The van der Waals surface area contributed by atoms with Gasteiger partial charge in [-0.1, -0.05) is 0 Å². The molecular weight excluding hydrogens is 264 g/mol. The van der Waals surface area contributed by atoms with Crippen LogP contribution in [-0.2, 0) is 9.47 Å². The van der Waals surface area contributed by atoms with E-state index in [0.29, 0.717) is 18.1 Å². The van der Waals surface area contributed by atoms with Crippen LogP contribution in [0.25, 0.3) is 0 Å². The topological polar surface area (TPSA) is 51.7 Å². The van der Waals surface area contributed by atoms with Crippen molar-refractivity contribution in [3.63, 3.8) is 0 Å². The quantitative estimate of drug-likeness (QED) is 0.830. The van der Waals surface area contributed by atoms with Crippen LogP contribution in [0.5, 0.6) is 0 Å². The Morgan fingerprint density at radius 1 is 1.42 bits per heavy atom. The smallest absolute Gasteiger partial charge is 0.266 e. The average molecular weight is 282 g/mol. The number of aromatic nitrogens is 1. The van der Waals surface area contributed by atoms with Crippen molar-refractivity contribution < 1.29 is 14.3 Å². The number of thiazole rings is 1. The molecule has 0 aliphatic carbocycles. The van der Waals surface area contributed by atoms with Crippen molar-refractivity contribution >= 4 is 17.2 Å². The number of piperidine rings is 1. The summed E-state index contributed by atoms with van der Waals surface area (Å²) in [6.45, 7) is 3.95. The van der Waals surface area contributed by atoms with Crippen LogP contribution in [0.2, 0.25) is 0 Å². The number of hydrogen-bond acceptors (Lipinski definition) is 5. The van der Waals surface area contributed by atoms with Crippen LogP contribution < -0.4 is 0 Å². The molecule has 2 fully saturated rings. The minimum absolute atomic E-state index is 0.0474. The summed E-state index contributed by atoms with van der Waals surface area (Å²) in [6.07, 6.45) is 4.54. The first-order valence-corrected chi connectivity index (χ1v) is 7.54. The predicted molar refractivity (Wildman–Crippen MR) is 71.2 cm³/mol. The Balaban J connectivity index is 1.77. The van der Waals surface area contributed by atoms with Crippen LogP contribution in [0.4, 0.5) is 0 Å². The maximum atomic E-state index is 12.6. The third kappa shape index (κ3) is 2.66. The van der Waals surface area contributed by atoms with Crippen LogP contribution in [0.1, 0.15) is 33.9 Å². The van der Waals surface area contributed by atoms with Crippen LogP contribution in [-0.4, -0.2) is 47.9 Å². The van der Waals surface area contributed by atoms with Gasteiger partial charge in [0.25, 0.3) is 5.91 Å². The lowest BCUT2D eigenvalue weighted by Gasteiger charge is -2.37.